The van der Waals surface area contributed by atoms with E-state index in [2.05, 4.69) is 37.1 Å². The molecule has 9 heteroatoms. The van der Waals surface area contributed by atoms with Crippen molar-refractivity contribution in [2.45, 2.75) is 47.3 Å². The van der Waals surface area contributed by atoms with Gasteiger partial charge >= 0.3 is 6.18 Å². The zero-order valence-electron chi connectivity index (χ0n) is 20.3. The van der Waals surface area contributed by atoms with Crippen LogP contribution >= 0.6 is 0 Å². The summed E-state index contributed by atoms with van der Waals surface area (Å²) in [5.74, 6) is 6.42. The molecule has 3 rings (SSSR count). The van der Waals surface area contributed by atoms with Gasteiger partial charge in [0.2, 0.25) is 5.82 Å². The summed E-state index contributed by atoms with van der Waals surface area (Å²) in [6.45, 7) is 11.1. The van der Waals surface area contributed by atoms with Crippen LogP contribution in [0.5, 0.6) is 0 Å². The molecule has 2 aromatic heterocycles. The van der Waals surface area contributed by atoms with E-state index in [0.29, 0.717) is 29.4 Å². The molecular formula is C26H28F3N5O. The standard InChI is InChI=1S/C26H28F3N5O/c1-16(2)12-30-13-17-6-7-20(26(27,28)29)19(10-17)24-33-21(11-23(35)34-24)18-14-31-22(32-15-18)8-9-25(3,4)5/h6-7,10-11,14-16,30H,12-13H2,1-5H3,(H,33,34,35). The molecule has 1 aromatic carbocycles. The number of hydrogen-bond acceptors (Lipinski definition) is 5. The van der Waals surface area contributed by atoms with E-state index in [1.807, 2.05) is 34.6 Å². The summed E-state index contributed by atoms with van der Waals surface area (Å²) in [5, 5.41) is 3.21. The second-order valence-corrected chi connectivity index (χ2v) is 9.68. The van der Waals surface area contributed by atoms with Crippen molar-refractivity contribution in [1.82, 2.24) is 25.3 Å². The lowest BCUT2D eigenvalue weighted by molar-refractivity contribution is -0.137. The maximum atomic E-state index is 13.8. The number of halogens is 3. The van der Waals surface area contributed by atoms with Crippen LogP contribution < -0.4 is 10.9 Å². The van der Waals surface area contributed by atoms with Crippen LogP contribution in [0.1, 0.15) is 51.6 Å². The summed E-state index contributed by atoms with van der Waals surface area (Å²) in [6, 6.07) is 5.04. The van der Waals surface area contributed by atoms with Crippen molar-refractivity contribution in [3.63, 3.8) is 0 Å². The number of nitrogens with one attached hydrogen (secondary N) is 2. The third-order valence-corrected chi connectivity index (χ3v) is 4.76. The van der Waals surface area contributed by atoms with E-state index < -0.39 is 17.3 Å². The maximum Gasteiger partial charge on any atom is 0.417 e. The summed E-state index contributed by atoms with van der Waals surface area (Å²) in [4.78, 5) is 27.5. The van der Waals surface area contributed by atoms with E-state index in [1.54, 1.807) is 0 Å². The van der Waals surface area contributed by atoms with Gasteiger partial charge in [-0.25, -0.2) is 15.0 Å². The number of hydrogen-bond donors (Lipinski definition) is 2. The highest BCUT2D eigenvalue weighted by Crippen LogP contribution is 2.36. The smallest absolute Gasteiger partial charge is 0.312 e. The van der Waals surface area contributed by atoms with E-state index in [0.717, 1.165) is 12.6 Å². The first kappa shape index (κ1) is 26.1. The van der Waals surface area contributed by atoms with Gasteiger partial charge in [-0.2, -0.15) is 13.2 Å². The third-order valence-electron chi connectivity index (χ3n) is 4.76. The van der Waals surface area contributed by atoms with Gasteiger partial charge in [0.15, 0.2) is 0 Å². The predicted octanol–water partition coefficient (Wildman–Crippen LogP) is 5.06. The summed E-state index contributed by atoms with van der Waals surface area (Å²) in [6.07, 6.45) is -1.73. The Morgan fingerprint density at radius 1 is 1.09 bits per heavy atom. The number of rotatable bonds is 6. The fourth-order valence-corrected chi connectivity index (χ4v) is 3.15. The number of nitrogens with zero attached hydrogens (tertiary/aromatic N) is 3. The van der Waals surface area contributed by atoms with Gasteiger partial charge in [0, 0.05) is 41.5 Å². The summed E-state index contributed by atoms with van der Waals surface area (Å²) in [7, 11) is 0. The molecule has 3 aromatic rings. The summed E-state index contributed by atoms with van der Waals surface area (Å²) < 4.78 is 41.3. The van der Waals surface area contributed by atoms with Crippen molar-refractivity contribution in [3.05, 3.63) is 64.0 Å². The predicted molar refractivity (Wildman–Crippen MR) is 129 cm³/mol. The highest BCUT2D eigenvalue weighted by molar-refractivity contribution is 5.66. The molecule has 35 heavy (non-hydrogen) atoms. The van der Waals surface area contributed by atoms with Crippen LogP contribution in [0.25, 0.3) is 22.6 Å². The van der Waals surface area contributed by atoms with Gasteiger partial charge in [-0.1, -0.05) is 25.8 Å². The normalized spacial score (nSPS) is 11.9. The lowest BCUT2D eigenvalue weighted by atomic mass is 9.98. The summed E-state index contributed by atoms with van der Waals surface area (Å²) >= 11 is 0. The molecule has 0 saturated heterocycles. The minimum atomic E-state index is -4.62. The zero-order valence-corrected chi connectivity index (χ0v) is 20.3. The van der Waals surface area contributed by atoms with Gasteiger partial charge in [-0.15, -0.1) is 0 Å². The van der Waals surface area contributed by atoms with Gasteiger partial charge in [-0.05, 0) is 56.9 Å². The Balaban J connectivity index is 2.02. The Morgan fingerprint density at radius 2 is 1.77 bits per heavy atom. The first-order chi connectivity index (χ1) is 16.3. The van der Waals surface area contributed by atoms with Gasteiger partial charge in [-0.3, -0.25) is 4.79 Å². The highest BCUT2D eigenvalue weighted by Gasteiger charge is 2.34. The molecule has 0 aliphatic rings. The van der Waals surface area contributed by atoms with Gasteiger partial charge in [0.25, 0.3) is 5.56 Å². The molecule has 0 aliphatic carbocycles. The van der Waals surface area contributed by atoms with E-state index in [4.69, 9.17) is 0 Å². The largest absolute Gasteiger partial charge is 0.417 e. The Bertz CT molecular complexity index is 1290. The molecule has 2 heterocycles. The second-order valence-electron chi connectivity index (χ2n) is 9.68. The minimum absolute atomic E-state index is 0.163. The SMILES string of the molecule is CC(C)CNCc1ccc(C(F)(F)F)c(-c2nc(-c3cnc(C#CC(C)(C)C)nc3)cc(=O)[nH]2)c1. The molecule has 0 fully saturated rings. The van der Waals surface area contributed by atoms with E-state index in [-0.39, 0.29) is 22.5 Å². The van der Waals surface area contributed by atoms with Crippen LogP contribution in [0.3, 0.4) is 0 Å². The lowest BCUT2D eigenvalue weighted by Gasteiger charge is -2.15. The molecule has 6 nitrogen and oxygen atoms in total. The van der Waals surface area contributed by atoms with Crippen molar-refractivity contribution in [3.8, 4) is 34.5 Å². The number of aromatic amines is 1. The average molecular weight is 484 g/mol. The average Bonchev–Trinajstić information content (AvgIpc) is 2.76. The maximum absolute atomic E-state index is 13.8. The highest BCUT2D eigenvalue weighted by atomic mass is 19.4. The lowest BCUT2D eigenvalue weighted by Crippen LogP contribution is -2.19. The Hall–Kier alpha value is -3.51. The van der Waals surface area contributed by atoms with Gasteiger partial charge in [0.1, 0.15) is 5.82 Å². The number of aromatic nitrogens is 4. The Kier molecular flexibility index (Phi) is 7.76. The second kappa shape index (κ2) is 10.4. The molecule has 2 N–H and O–H groups in total. The molecule has 0 spiro atoms. The van der Waals surface area contributed by atoms with Crippen LogP contribution in [0, 0.1) is 23.2 Å². The molecule has 0 saturated carbocycles. The van der Waals surface area contributed by atoms with Crippen molar-refractivity contribution in [2.24, 2.45) is 11.3 Å². The molecule has 0 amide bonds. The molecule has 0 radical (unpaired) electrons. The van der Waals surface area contributed by atoms with Crippen molar-refractivity contribution in [1.29, 1.82) is 0 Å². The molecule has 0 aliphatic heterocycles. The van der Waals surface area contributed by atoms with Crippen LogP contribution in [-0.2, 0) is 12.7 Å². The van der Waals surface area contributed by atoms with Gasteiger partial charge in [0.05, 0.1) is 11.3 Å². The Labute approximate surface area is 202 Å². The van der Waals surface area contributed by atoms with Crippen LogP contribution in [0.15, 0.2) is 41.5 Å². The zero-order chi connectivity index (χ0) is 25.8. The number of benzene rings is 1. The van der Waals surface area contributed by atoms with Gasteiger partial charge < -0.3 is 10.3 Å². The van der Waals surface area contributed by atoms with E-state index in [9.17, 15) is 18.0 Å². The quantitative estimate of drug-likeness (QED) is 0.479. The van der Waals surface area contributed by atoms with Crippen LogP contribution in [0.2, 0.25) is 0 Å². The molecule has 184 valence electrons. The summed E-state index contributed by atoms with van der Waals surface area (Å²) in [5.41, 5.74) is -0.689. The van der Waals surface area contributed by atoms with E-state index in [1.165, 1.54) is 30.6 Å². The first-order valence-corrected chi connectivity index (χ1v) is 11.2. The fraction of sp³-hybridized carbons (Fsp3) is 0.385. The van der Waals surface area contributed by atoms with E-state index >= 15 is 0 Å². The molecule has 0 unspecified atom stereocenters. The molecule has 0 atom stereocenters. The monoisotopic (exact) mass is 483 g/mol. The van der Waals surface area contributed by atoms with Crippen LogP contribution in [0.4, 0.5) is 13.2 Å². The van der Waals surface area contributed by atoms with Crippen molar-refractivity contribution >= 4 is 0 Å². The van der Waals surface area contributed by atoms with Crippen LogP contribution in [-0.4, -0.2) is 26.5 Å². The number of H-pyrrole nitrogens is 1. The number of alkyl halides is 3. The first-order valence-electron chi connectivity index (χ1n) is 11.2. The molecular weight excluding hydrogens is 455 g/mol. The molecule has 0 bridgehead atoms. The minimum Gasteiger partial charge on any atom is -0.312 e. The Morgan fingerprint density at radius 3 is 2.37 bits per heavy atom. The topological polar surface area (TPSA) is 83.6 Å². The van der Waals surface area contributed by atoms with Crippen molar-refractivity contribution in [2.75, 3.05) is 6.54 Å². The van der Waals surface area contributed by atoms with Crippen molar-refractivity contribution < 1.29 is 13.2 Å². The fourth-order valence-electron chi connectivity index (χ4n) is 3.15. The third kappa shape index (κ3) is 7.49.